The Hall–Kier alpha value is -6.20. The third-order valence-corrected chi connectivity index (χ3v) is 14.4. The monoisotopic (exact) mass is 837 g/mol. The Kier molecular flexibility index (Phi) is 8.51. The van der Waals surface area contributed by atoms with Crippen molar-refractivity contribution in [2.45, 2.75) is 105 Å². The molecule has 0 unspecified atom stereocenters. The molecule has 0 radical (unpaired) electrons. The summed E-state index contributed by atoms with van der Waals surface area (Å²) in [5, 5.41) is 5.08. The van der Waals surface area contributed by atoms with Crippen LogP contribution in [0.2, 0.25) is 0 Å². The summed E-state index contributed by atoms with van der Waals surface area (Å²) in [4.78, 5) is 2.54. The van der Waals surface area contributed by atoms with Gasteiger partial charge in [-0.25, -0.2) is 0 Å². The molecule has 11 rings (SSSR count). The first kappa shape index (κ1) is 40.6. The fraction of sp³-hybridized carbons (Fsp3) is 0.288. The topological polar surface area (TPSA) is 22.3 Å². The second-order valence-corrected chi connectivity index (χ2v) is 22.8. The number of aromatic nitrogens is 2. The minimum atomic E-state index is -0.0772. The van der Waals surface area contributed by atoms with E-state index in [2.05, 4.69) is 232 Å². The van der Waals surface area contributed by atoms with E-state index in [0.717, 1.165) is 22.9 Å². The standard InChI is InChI=1S/C59H60BN3O/c1-56(2,3)35-21-26-39(27-22-35)62-48-19-16-20-51-53(48)60(43-33-38(59(10,11)12)25-30-50(43)64-51)44-34-49(52-40-17-14-15-18-45(40)61(13)55(52)54(44)62)63-46-28-23-36(57(4,5)6)31-41(46)42-32-37(58(7,8)9)24-29-47(42)63/h14-34H,1-13H3. The molecule has 9 aromatic rings. The van der Waals surface area contributed by atoms with E-state index in [-0.39, 0.29) is 28.4 Å². The molecule has 5 heteroatoms. The summed E-state index contributed by atoms with van der Waals surface area (Å²) >= 11 is 0. The molecule has 0 N–H and O–H groups in total. The summed E-state index contributed by atoms with van der Waals surface area (Å²) in [6.07, 6.45) is 0. The van der Waals surface area contributed by atoms with Gasteiger partial charge >= 0.3 is 0 Å². The molecule has 0 aliphatic carbocycles. The number of benzene rings is 7. The minimum Gasteiger partial charge on any atom is -0.458 e. The Bertz CT molecular complexity index is 3340. The quantitative estimate of drug-likeness (QED) is 0.162. The smallest absolute Gasteiger partial charge is 0.256 e. The Morgan fingerprint density at radius 2 is 1.02 bits per heavy atom. The molecule has 2 aliphatic heterocycles. The van der Waals surface area contributed by atoms with Gasteiger partial charge in [-0.2, -0.15) is 0 Å². The van der Waals surface area contributed by atoms with Gasteiger partial charge in [0.1, 0.15) is 11.5 Å². The number of hydrogen-bond acceptors (Lipinski definition) is 2. The molecule has 0 amide bonds. The molecular weight excluding hydrogens is 777 g/mol. The van der Waals surface area contributed by atoms with Crippen LogP contribution in [0.4, 0.5) is 17.1 Å². The van der Waals surface area contributed by atoms with E-state index in [1.54, 1.807) is 0 Å². The molecule has 0 bridgehead atoms. The zero-order valence-corrected chi connectivity index (χ0v) is 40.0. The summed E-state index contributed by atoms with van der Waals surface area (Å²) in [5.74, 6) is 1.84. The van der Waals surface area contributed by atoms with Crippen molar-refractivity contribution >= 4 is 83.8 Å². The normalized spacial score (nSPS) is 14.1. The summed E-state index contributed by atoms with van der Waals surface area (Å²) in [5.41, 5.74) is 18.6. The van der Waals surface area contributed by atoms with Gasteiger partial charge in [-0.1, -0.05) is 144 Å². The summed E-state index contributed by atoms with van der Waals surface area (Å²) in [7, 11) is 2.27. The second kappa shape index (κ2) is 13.4. The Labute approximate surface area is 379 Å². The van der Waals surface area contributed by atoms with Crippen molar-refractivity contribution in [3.05, 3.63) is 150 Å². The summed E-state index contributed by atoms with van der Waals surface area (Å²) < 4.78 is 12.0. The van der Waals surface area contributed by atoms with Gasteiger partial charge < -0.3 is 18.8 Å². The van der Waals surface area contributed by atoms with Crippen LogP contribution in [0.15, 0.2) is 127 Å². The molecule has 0 saturated heterocycles. The SMILES string of the molecule is Cn1c2ccccc2c2c(-n3c4ccc(C(C)(C)C)cc4c4cc(C(C)(C)C)ccc43)cc3c(c21)N(c1ccc(C(C)(C)C)cc1)c1cccc2c1B3c1cc(C(C)(C)C)ccc1O2. The number of aryl methyl sites for hydroxylation is 1. The van der Waals surface area contributed by atoms with Gasteiger partial charge in [-0.05, 0) is 127 Å². The van der Waals surface area contributed by atoms with Crippen molar-refractivity contribution in [3.63, 3.8) is 0 Å². The van der Waals surface area contributed by atoms with Crippen molar-refractivity contribution in [1.29, 1.82) is 0 Å². The molecule has 2 aliphatic rings. The number of anilines is 3. The fourth-order valence-corrected chi connectivity index (χ4v) is 10.7. The van der Waals surface area contributed by atoms with Gasteiger partial charge in [0.2, 0.25) is 0 Å². The van der Waals surface area contributed by atoms with E-state index in [0.29, 0.717) is 0 Å². The molecular formula is C59H60BN3O. The summed E-state index contributed by atoms with van der Waals surface area (Å²) in [6.45, 7) is 27.7. The van der Waals surface area contributed by atoms with E-state index in [1.807, 2.05) is 0 Å². The van der Waals surface area contributed by atoms with Gasteiger partial charge in [0.15, 0.2) is 0 Å². The molecule has 4 heterocycles. The number of nitrogens with zero attached hydrogens (tertiary/aromatic N) is 3. The average molecular weight is 838 g/mol. The van der Waals surface area contributed by atoms with Crippen molar-refractivity contribution in [2.24, 2.45) is 7.05 Å². The molecule has 0 fully saturated rings. The maximum absolute atomic E-state index is 6.97. The molecule has 0 spiro atoms. The highest BCUT2D eigenvalue weighted by molar-refractivity contribution is 6.99. The zero-order chi connectivity index (χ0) is 45.0. The van der Waals surface area contributed by atoms with Crippen LogP contribution in [0.1, 0.15) is 105 Å². The van der Waals surface area contributed by atoms with E-state index >= 15 is 0 Å². The zero-order valence-electron chi connectivity index (χ0n) is 40.0. The van der Waals surface area contributed by atoms with Gasteiger partial charge in [-0.15, -0.1) is 0 Å². The third-order valence-electron chi connectivity index (χ3n) is 14.4. The lowest BCUT2D eigenvalue weighted by molar-refractivity contribution is 0.486. The number of rotatable bonds is 2. The largest absolute Gasteiger partial charge is 0.458 e. The highest BCUT2D eigenvalue weighted by atomic mass is 16.5. The van der Waals surface area contributed by atoms with Crippen molar-refractivity contribution < 1.29 is 4.74 Å². The van der Waals surface area contributed by atoms with Crippen molar-refractivity contribution in [1.82, 2.24) is 9.13 Å². The van der Waals surface area contributed by atoms with Crippen LogP contribution < -0.4 is 26.0 Å². The number of ether oxygens (including phenoxy) is 1. The molecule has 0 saturated carbocycles. The predicted molar refractivity (Wildman–Crippen MR) is 275 cm³/mol. The van der Waals surface area contributed by atoms with Gasteiger partial charge in [0, 0.05) is 45.5 Å². The lowest BCUT2D eigenvalue weighted by atomic mass is 9.34. The van der Waals surface area contributed by atoms with Crippen LogP contribution in [0.5, 0.6) is 11.5 Å². The van der Waals surface area contributed by atoms with Gasteiger partial charge in [-0.3, -0.25) is 0 Å². The Morgan fingerprint density at radius 3 is 1.62 bits per heavy atom. The van der Waals surface area contributed by atoms with Crippen LogP contribution in [-0.4, -0.2) is 15.8 Å². The number of fused-ring (bicyclic) bond motifs is 11. The minimum absolute atomic E-state index is 0.000955. The van der Waals surface area contributed by atoms with Crippen LogP contribution in [-0.2, 0) is 28.7 Å². The first-order valence-corrected chi connectivity index (χ1v) is 23.2. The third kappa shape index (κ3) is 5.95. The van der Waals surface area contributed by atoms with Gasteiger partial charge in [0.25, 0.3) is 6.71 Å². The van der Waals surface area contributed by atoms with Crippen LogP contribution in [0.25, 0.3) is 49.3 Å². The Morgan fingerprint density at radius 1 is 0.453 bits per heavy atom. The predicted octanol–water partition coefficient (Wildman–Crippen LogP) is 14.0. The van der Waals surface area contributed by atoms with Crippen LogP contribution >= 0.6 is 0 Å². The number of hydrogen-bond donors (Lipinski definition) is 0. The lowest BCUT2D eigenvalue weighted by Gasteiger charge is -2.41. The Balaban J connectivity index is 1.33. The van der Waals surface area contributed by atoms with E-state index in [1.165, 1.54) is 93.6 Å². The summed E-state index contributed by atoms with van der Waals surface area (Å²) in [6, 6.07) is 48.8. The van der Waals surface area contributed by atoms with E-state index in [9.17, 15) is 0 Å². The van der Waals surface area contributed by atoms with Crippen LogP contribution in [0, 0.1) is 0 Å². The van der Waals surface area contributed by atoms with E-state index < -0.39 is 0 Å². The van der Waals surface area contributed by atoms with Gasteiger partial charge in [0.05, 0.1) is 27.9 Å². The average Bonchev–Trinajstić information content (AvgIpc) is 3.73. The van der Waals surface area contributed by atoms with Crippen LogP contribution in [0.3, 0.4) is 0 Å². The van der Waals surface area contributed by atoms with E-state index in [4.69, 9.17) is 4.74 Å². The highest BCUT2D eigenvalue weighted by Gasteiger charge is 2.44. The molecule has 0 atom stereocenters. The highest BCUT2D eigenvalue weighted by Crippen LogP contribution is 2.49. The molecule has 320 valence electrons. The maximum atomic E-state index is 6.97. The molecule has 64 heavy (non-hydrogen) atoms. The maximum Gasteiger partial charge on any atom is 0.256 e. The molecule has 2 aromatic heterocycles. The molecule has 4 nitrogen and oxygen atoms in total. The first-order chi connectivity index (χ1) is 30.2. The van der Waals surface area contributed by atoms with Crippen molar-refractivity contribution in [3.8, 4) is 17.2 Å². The second-order valence-electron chi connectivity index (χ2n) is 22.8. The lowest BCUT2D eigenvalue weighted by Crippen LogP contribution is -2.59. The first-order valence-electron chi connectivity index (χ1n) is 23.2. The fourth-order valence-electron chi connectivity index (χ4n) is 10.7. The van der Waals surface area contributed by atoms with Crippen molar-refractivity contribution in [2.75, 3.05) is 4.90 Å². The molecule has 7 aromatic carbocycles. The number of para-hydroxylation sites is 1.